The van der Waals surface area contributed by atoms with E-state index in [9.17, 15) is 0 Å². The van der Waals surface area contributed by atoms with Crippen LogP contribution in [0.25, 0.3) is 0 Å². The summed E-state index contributed by atoms with van der Waals surface area (Å²) in [6, 6.07) is 0. The van der Waals surface area contributed by atoms with Crippen LogP contribution in [0.3, 0.4) is 0 Å². The van der Waals surface area contributed by atoms with Crippen LogP contribution in [0.1, 0.15) is 20.3 Å². The molecule has 2 nitrogen and oxygen atoms in total. The van der Waals surface area contributed by atoms with Gasteiger partial charge in [-0.05, 0) is 30.5 Å². The highest BCUT2D eigenvalue weighted by molar-refractivity contribution is 7.80. The molecule has 0 unspecified atom stereocenters. The fourth-order valence-corrected chi connectivity index (χ4v) is 1.99. The highest BCUT2D eigenvalue weighted by Gasteiger charge is 2.21. The number of likely N-dealkylation sites (tertiary alicyclic amines) is 1. The Morgan fingerprint density at radius 3 is 2.18 bits per heavy atom. The van der Waals surface area contributed by atoms with Crippen molar-refractivity contribution in [3.63, 3.8) is 0 Å². The molecule has 2 atom stereocenters. The Hall–Kier alpha value is -0.310. The first-order chi connectivity index (χ1) is 5.09. The lowest BCUT2D eigenvalue weighted by Gasteiger charge is -2.35. The quantitative estimate of drug-likeness (QED) is 0.557. The molecule has 1 fully saturated rings. The molecule has 0 aromatic heterocycles. The molecule has 64 valence electrons. The van der Waals surface area contributed by atoms with Gasteiger partial charge in [0.15, 0.2) is 5.11 Å². The predicted molar refractivity (Wildman–Crippen MR) is 51.3 cm³/mol. The summed E-state index contributed by atoms with van der Waals surface area (Å²) < 4.78 is 0. The third-order valence-corrected chi connectivity index (χ3v) is 2.44. The second-order valence-corrected chi connectivity index (χ2v) is 4.11. The van der Waals surface area contributed by atoms with E-state index in [2.05, 4.69) is 18.7 Å². The van der Waals surface area contributed by atoms with Gasteiger partial charge in [-0.15, -0.1) is 0 Å². The van der Waals surface area contributed by atoms with Crippen LogP contribution in [0.2, 0.25) is 0 Å². The number of hydrogen-bond acceptors (Lipinski definition) is 1. The first-order valence-electron chi connectivity index (χ1n) is 4.14. The van der Waals surface area contributed by atoms with Gasteiger partial charge in [0.05, 0.1) is 0 Å². The van der Waals surface area contributed by atoms with Crippen molar-refractivity contribution in [3.05, 3.63) is 0 Å². The summed E-state index contributed by atoms with van der Waals surface area (Å²) in [7, 11) is 0. The molecule has 0 aromatic rings. The molecule has 1 rings (SSSR count). The Morgan fingerprint density at radius 2 is 1.82 bits per heavy atom. The van der Waals surface area contributed by atoms with E-state index in [-0.39, 0.29) is 0 Å². The average molecular weight is 172 g/mol. The highest BCUT2D eigenvalue weighted by atomic mass is 32.1. The van der Waals surface area contributed by atoms with Crippen LogP contribution >= 0.6 is 12.2 Å². The first-order valence-corrected chi connectivity index (χ1v) is 4.54. The minimum atomic E-state index is 0.559. The molecule has 0 saturated carbocycles. The van der Waals surface area contributed by atoms with Gasteiger partial charge in [-0.3, -0.25) is 0 Å². The maximum Gasteiger partial charge on any atom is 0.166 e. The molecular formula is C8H16N2S. The van der Waals surface area contributed by atoms with Gasteiger partial charge in [0, 0.05) is 13.1 Å². The second-order valence-electron chi connectivity index (χ2n) is 3.69. The number of nitrogens with zero attached hydrogens (tertiary/aromatic N) is 1. The molecule has 11 heavy (non-hydrogen) atoms. The summed E-state index contributed by atoms with van der Waals surface area (Å²) in [6.45, 7) is 6.58. The standard InChI is InChI=1S/C8H16N2S/c1-6-3-7(2)5-10(4-6)8(9)11/h6-7H,3-5H2,1-2H3,(H2,9,11)/t6-,7+. The van der Waals surface area contributed by atoms with E-state index in [1.807, 2.05) is 0 Å². The van der Waals surface area contributed by atoms with Gasteiger partial charge < -0.3 is 10.6 Å². The topological polar surface area (TPSA) is 29.3 Å². The minimum absolute atomic E-state index is 0.559. The van der Waals surface area contributed by atoms with E-state index in [1.54, 1.807) is 0 Å². The smallest absolute Gasteiger partial charge is 0.166 e. The molecule has 0 radical (unpaired) electrons. The Kier molecular flexibility index (Phi) is 2.71. The van der Waals surface area contributed by atoms with Gasteiger partial charge in [-0.1, -0.05) is 13.8 Å². The molecule has 1 saturated heterocycles. The van der Waals surface area contributed by atoms with Crippen molar-refractivity contribution in [2.24, 2.45) is 17.6 Å². The molecule has 0 amide bonds. The van der Waals surface area contributed by atoms with Gasteiger partial charge >= 0.3 is 0 Å². The second kappa shape index (κ2) is 3.39. The van der Waals surface area contributed by atoms with Crippen molar-refractivity contribution < 1.29 is 0 Å². The van der Waals surface area contributed by atoms with E-state index in [1.165, 1.54) is 6.42 Å². The summed E-state index contributed by atoms with van der Waals surface area (Å²) in [4.78, 5) is 2.11. The van der Waals surface area contributed by atoms with Crippen LogP contribution in [0.5, 0.6) is 0 Å². The molecular weight excluding hydrogens is 156 g/mol. The maximum absolute atomic E-state index is 5.55. The molecule has 0 bridgehead atoms. The molecule has 1 aliphatic rings. The Labute approximate surface area is 73.7 Å². The molecule has 0 aliphatic carbocycles. The minimum Gasteiger partial charge on any atom is -0.376 e. The van der Waals surface area contributed by atoms with E-state index in [0.29, 0.717) is 5.11 Å². The molecule has 1 aliphatic heterocycles. The van der Waals surface area contributed by atoms with E-state index < -0.39 is 0 Å². The highest BCUT2D eigenvalue weighted by Crippen LogP contribution is 2.20. The van der Waals surface area contributed by atoms with Gasteiger partial charge in [0.25, 0.3) is 0 Å². The van der Waals surface area contributed by atoms with Gasteiger partial charge in [-0.25, -0.2) is 0 Å². The average Bonchev–Trinajstić information content (AvgIpc) is 1.85. The van der Waals surface area contributed by atoms with Crippen molar-refractivity contribution in [2.45, 2.75) is 20.3 Å². The number of hydrogen-bond donors (Lipinski definition) is 1. The van der Waals surface area contributed by atoms with Gasteiger partial charge in [0.1, 0.15) is 0 Å². The van der Waals surface area contributed by atoms with Crippen LogP contribution in [-0.4, -0.2) is 23.1 Å². The maximum atomic E-state index is 5.55. The van der Waals surface area contributed by atoms with E-state index in [4.69, 9.17) is 18.0 Å². The SMILES string of the molecule is C[C@@H]1C[C@H](C)CN(C(N)=S)C1. The van der Waals surface area contributed by atoms with Crippen LogP contribution in [0, 0.1) is 11.8 Å². The van der Waals surface area contributed by atoms with Gasteiger partial charge in [0.2, 0.25) is 0 Å². The third kappa shape index (κ3) is 2.33. The zero-order valence-electron chi connectivity index (χ0n) is 7.21. The van der Waals surface area contributed by atoms with Crippen molar-refractivity contribution in [3.8, 4) is 0 Å². The number of rotatable bonds is 0. The number of thiocarbonyl (C=S) groups is 1. The summed E-state index contributed by atoms with van der Waals surface area (Å²) in [5.74, 6) is 1.47. The number of piperidine rings is 1. The van der Waals surface area contributed by atoms with Crippen molar-refractivity contribution in [1.29, 1.82) is 0 Å². The van der Waals surface area contributed by atoms with Crippen LogP contribution in [0.4, 0.5) is 0 Å². The van der Waals surface area contributed by atoms with Crippen LogP contribution in [0.15, 0.2) is 0 Å². The third-order valence-electron chi connectivity index (χ3n) is 2.18. The normalized spacial score (nSPS) is 32.0. The largest absolute Gasteiger partial charge is 0.376 e. The predicted octanol–water partition coefficient (Wildman–Crippen LogP) is 1.21. The Balaban J connectivity index is 2.49. The fraction of sp³-hybridized carbons (Fsp3) is 0.875. The van der Waals surface area contributed by atoms with Crippen LogP contribution < -0.4 is 5.73 Å². The number of nitrogens with two attached hydrogens (primary N) is 1. The summed E-state index contributed by atoms with van der Waals surface area (Å²) in [5, 5.41) is 0.559. The summed E-state index contributed by atoms with van der Waals surface area (Å²) in [6.07, 6.45) is 1.30. The zero-order valence-corrected chi connectivity index (χ0v) is 8.03. The monoisotopic (exact) mass is 172 g/mol. The summed E-state index contributed by atoms with van der Waals surface area (Å²) >= 11 is 4.93. The summed E-state index contributed by atoms with van der Waals surface area (Å²) in [5.41, 5.74) is 5.55. The lowest BCUT2D eigenvalue weighted by molar-refractivity contribution is 0.215. The van der Waals surface area contributed by atoms with Crippen molar-refractivity contribution >= 4 is 17.3 Å². The molecule has 3 heteroatoms. The Morgan fingerprint density at radius 1 is 1.36 bits per heavy atom. The first kappa shape index (κ1) is 8.78. The van der Waals surface area contributed by atoms with Crippen molar-refractivity contribution in [1.82, 2.24) is 4.90 Å². The van der Waals surface area contributed by atoms with Crippen molar-refractivity contribution in [2.75, 3.05) is 13.1 Å². The van der Waals surface area contributed by atoms with E-state index >= 15 is 0 Å². The molecule has 0 spiro atoms. The van der Waals surface area contributed by atoms with E-state index in [0.717, 1.165) is 24.9 Å². The molecule has 0 aromatic carbocycles. The lowest BCUT2D eigenvalue weighted by Crippen LogP contribution is -2.45. The Bertz CT molecular complexity index is 148. The lowest BCUT2D eigenvalue weighted by atomic mass is 9.92. The van der Waals surface area contributed by atoms with Crippen LogP contribution in [-0.2, 0) is 0 Å². The molecule has 1 heterocycles. The zero-order chi connectivity index (χ0) is 8.43. The van der Waals surface area contributed by atoms with Gasteiger partial charge in [-0.2, -0.15) is 0 Å². The molecule has 2 N–H and O–H groups in total. The fourth-order valence-electron chi connectivity index (χ4n) is 1.84.